The maximum atomic E-state index is 12.2. The van der Waals surface area contributed by atoms with Gasteiger partial charge in [-0.1, -0.05) is 6.07 Å². The normalized spacial score (nSPS) is 13.8. The summed E-state index contributed by atoms with van der Waals surface area (Å²) in [5.41, 5.74) is 1.84. The van der Waals surface area contributed by atoms with Gasteiger partial charge in [-0.25, -0.2) is 4.98 Å². The van der Waals surface area contributed by atoms with Crippen molar-refractivity contribution in [2.45, 2.75) is 25.8 Å². The molecule has 1 saturated carbocycles. The molecule has 1 fully saturated rings. The number of anilines is 2. The molecule has 1 amide bonds. The van der Waals surface area contributed by atoms with Gasteiger partial charge in [0.05, 0.1) is 5.69 Å². The number of phenols is 1. The minimum atomic E-state index is -0.268. The lowest BCUT2D eigenvalue weighted by molar-refractivity contribution is 0.102. The van der Waals surface area contributed by atoms with Gasteiger partial charge in [-0.05, 0) is 49.6 Å². The minimum absolute atomic E-state index is 0.0636. The zero-order valence-electron chi connectivity index (χ0n) is 11.8. The lowest BCUT2D eigenvalue weighted by atomic mass is 10.2. The summed E-state index contributed by atoms with van der Waals surface area (Å²) in [5, 5.41) is 15.8. The van der Waals surface area contributed by atoms with Crippen LogP contribution in [0.25, 0.3) is 0 Å². The molecule has 3 N–H and O–H groups in total. The van der Waals surface area contributed by atoms with E-state index in [2.05, 4.69) is 15.6 Å². The molecule has 0 aliphatic heterocycles. The first kappa shape index (κ1) is 13.4. The summed E-state index contributed by atoms with van der Waals surface area (Å²) in [7, 11) is 0. The molecule has 21 heavy (non-hydrogen) atoms. The molecular formula is C16H17N3O2. The topological polar surface area (TPSA) is 74.2 Å². The van der Waals surface area contributed by atoms with Crippen LogP contribution in [0.3, 0.4) is 0 Å². The Bertz CT molecular complexity index is 681. The largest absolute Gasteiger partial charge is 0.506 e. The van der Waals surface area contributed by atoms with E-state index in [0.29, 0.717) is 23.1 Å². The lowest BCUT2D eigenvalue weighted by Crippen LogP contribution is -2.13. The first-order valence-electron chi connectivity index (χ1n) is 6.95. The number of nitrogens with one attached hydrogen (secondary N) is 2. The van der Waals surface area contributed by atoms with E-state index in [-0.39, 0.29) is 11.7 Å². The number of hydrogen-bond acceptors (Lipinski definition) is 4. The average Bonchev–Trinajstić information content (AvgIpc) is 3.26. The number of carbonyl (C=O) groups is 1. The van der Waals surface area contributed by atoms with Gasteiger partial charge in [0.1, 0.15) is 11.6 Å². The van der Waals surface area contributed by atoms with Gasteiger partial charge in [-0.2, -0.15) is 0 Å². The summed E-state index contributed by atoms with van der Waals surface area (Å²) in [5.74, 6) is 0.502. The number of phenolic OH excluding ortho intramolecular Hbond substituents is 1. The highest BCUT2D eigenvalue weighted by Gasteiger charge is 2.21. The van der Waals surface area contributed by atoms with Crippen molar-refractivity contribution in [2.24, 2.45) is 0 Å². The second-order valence-electron chi connectivity index (χ2n) is 5.32. The van der Waals surface area contributed by atoms with Gasteiger partial charge in [-0.3, -0.25) is 4.79 Å². The lowest BCUT2D eigenvalue weighted by Gasteiger charge is -2.09. The molecule has 0 radical (unpaired) electrons. The molecule has 1 aliphatic rings. The van der Waals surface area contributed by atoms with Crippen molar-refractivity contribution in [1.82, 2.24) is 4.98 Å². The fourth-order valence-electron chi connectivity index (χ4n) is 2.03. The van der Waals surface area contributed by atoms with Crippen molar-refractivity contribution in [3.63, 3.8) is 0 Å². The van der Waals surface area contributed by atoms with E-state index in [9.17, 15) is 9.90 Å². The molecular weight excluding hydrogens is 266 g/mol. The van der Waals surface area contributed by atoms with Crippen LogP contribution in [0.1, 0.15) is 28.8 Å². The second kappa shape index (κ2) is 5.44. The Labute approximate surface area is 123 Å². The van der Waals surface area contributed by atoms with Crippen LogP contribution in [0.4, 0.5) is 11.5 Å². The molecule has 0 bridgehead atoms. The van der Waals surface area contributed by atoms with Gasteiger partial charge in [0.2, 0.25) is 0 Å². The Morgan fingerprint density at radius 2 is 2.10 bits per heavy atom. The van der Waals surface area contributed by atoms with Crippen molar-refractivity contribution < 1.29 is 9.90 Å². The van der Waals surface area contributed by atoms with Gasteiger partial charge in [0.25, 0.3) is 5.91 Å². The third-order valence-corrected chi connectivity index (χ3v) is 3.35. The number of aromatic hydroxyl groups is 1. The molecule has 0 spiro atoms. The average molecular weight is 283 g/mol. The Hall–Kier alpha value is -2.56. The van der Waals surface area contributed by atoms with E-state index in [1.807, 2.05) is 13.0 Å². The Kier molecular flexibility index (Phi) is 3.48. The molecule has 3 rings (SSSR count). The molecule has 0 saturated heterocycles. The molecule has 108 valence electrons. The maximum Gasteiger partial charge on any atom is 0.255 e. The van der Waals surface area contributed by atoms with Crippen LogP contribution >= 0.6 is 0 Å². The van der Waals surface area contributed by atoms with Gasteiger partial charge < -0.3 is 15.7 Å². The smallest absolute Gasteiger partial charge is 0.255 e. The van der Waals surface area contributed by atoms with E-state index < -0.39 is 0 Å². The Morgan fingerprint density at radius 1 is 1.29 bits per heavy atom. The molecule has 0 atom stereocenters. The standard InChI is InChI=1S/C16H17N3O2/c1-10-2-5-13(14(20)8-10)19-16(21)11-6-7-17-15(9-11)18-12-3-4-12/h2,5-9,12,20H,3-4H2,1H3,(H,17,18)(H,19,21). The molecule has 1 aromatic heterocycles. The van der Waals surface area contributed by atoms with Gasteiger partial charge in [-0.15, -0.1) is 0 Å². The number of nitrogens with zero attached hydrogens (tertiary/aromatic N) is 1. The SMILES string of the molecule is Cc1ccc(NC(=O)c2ccnc(NC3CC3)c2)c(O)c1. The Balaban J connectivity index is 1.75. The van der Waals surface area contributed by atoms with Crippen LogP contribution in [-0.2, 0) is 0 Å². The number of hydrogen-bond donors (Lipinski definition) is 3. The third-order valence-electron chi connectivity index (χ3n) is 3.35. The number of aryl methyl sites for hydroxylation is 1. The van der Waals surface area contributed by atoms with Crippen molar-refractivity contribution in [3.05, 3.63) is 47.7 Å². The zero-order chi connectivity index (χ0) is 14.8. The summed E-state index contributed by atoms with van der Waals surface area (Å²) >= 11 is 0. The van der Waals surface area contributed by atoms with Crippen LogP contribution in [0.2, 0.25) is 0 Å². The van der Waals surface area contributed by atoms with Crippen molar-refractivity contribution >= 4 is 17.4 Å². The van der Waals surface area contributed by atoms with E-state index in [1.54, 1.807) is 30.5 Å². The molecule has 1 heterocycles. The maximum absolute atomic E-state index is 12.2. The highest BCUT2D eigenvalue weighted by molar-refractivity contribution is 6.05. The van der Waals surface area contributed by atoms with E-state index in [1.165, 1.54) is 0 Å². The van der Waals surface area contributed by atoms with Gasteiger partial charge in [0, 0.05) is 17.8 Å². The minimum Gasteiger partial charge on any atom is -0.506 e. The Morgan fingerprint density at radius 3 is 2.81 bits per heavy atom. The number of carbonyl (C=O) groups excluding carboxylic acids is 1. The first-order chi connectivity index (χ1) is 10.1. The van der Waals surface area contributed by atoms with E-state index in [0.717, 1.165) is 18.4 Å². The van der Waals surface area contributed by atoms with Crippen molar-refractivity contribution in [2.75, 3.05) is 10.6 Å². The molecule has 5 nitrogen and oxygen atoms in total. The summed E-state index contributed by atoms with van der Waals surface area (Å²) in [6.45, 7) is 1.88. The van der Waals surface area contributed by atoms with Crippen LogP contribution in [0, 0.1) is 6.92 Å². The van der Waals surface area contributed by atoms with E-state index >= 15 is 0 Å². The van der Waals surface area contributed by atoms with Crippen LogP contribution in [-0.4, -0.2) is 22.0 Å². The first-order valence-corrected chi connectivity index (χ1v) is 6.95. The number of benzene rings is 1. The summed E-state index contributed by atoms with van der Waals surface area (Å²) in [4.78, 5) is 16.4. The number of amides is 1. The van der Waals surface area contributed by atoms with Gasteiger partial charge >= 0.3 is 0 Å². The fraction of sp³-hybridized carbons (Fsp3) is 0.250. The molecule has 1 aromatic carbocycles. The summed E-state index contributed by atoms with van der Waals surface area (Å²) < 4.78 is 0. The summed E-state index contributed by atoms with van der Waals surface area (Å²) in [6, 6.07) is 8.99. The second-order valence-corrected chi connectivity index (χ2v) is 5.32. The number of rotatable bonds is 4. The van der Waals surface area contributed by atoms with Crippen molar-refractivity contribution in [1.29, 1.82) is 0 Å². The molecule has 2 aromatic rings. The fourth-order valence-corrected chi connectivity index (χ4v) is 2.03. The highest BCUT2D eigenvalue weighted by atomic mass is 16.3. The highest BCUT2D eigenvalue weighted by Crippen LogP contribution is 2.26. The summed E-state index contributed by atoms with van der Waals surface area (Å²) in [6.07, 6.45) is 3.90. The monoisotopic (exact) mass is 283 g/mol. The van der Waals surface area contributed by atoms with E-state index in [4.69, 9.17) is 0 Å². The predicted molar refractivity (Wildman–Crippen MR) is 81.7 cm³/mol. The van der Waals surface area contributed by atoms with Gasteiger partial charge in [0.15, 0.2) is 0 Å². The number of aromatic nitrogens is 1. The third kappa shape index (κ3) is 3.31. The predicted octanol–water partition coefficient (Wildman–Crippen LogP) is 2.92. The quantitative estimate of drug-likeness (QED) is 0.754. The van der Waals surface area contributed by atoms with Crippen molar-refractivity contribution in [3.8, 4) is 5.75 Å². The molecule has 5 heteroatoms. The van der Waals surface area contributed by atoms with Crippen LogP contribution in [0.5, 0.6) is 5.75 Å². The van der Waals surface area contributed by atoms with Crippen LogP contribution in [0.15, 0.2) is 36.5 Å². The zero-order valence-corrected chi connectivity index (χ0v) is 11.8. The molecule has 1 aliphatic carbocycles. The molecule has 0 unspecified atom stereocenters. The number of pyridine rings is 1. The van der Waals surface area contributed by atoms with Crippen LogP contribution < -0.4 is 10.6 Å².